The number of nitrogens with zero attached hydrogens (tertiary/aromatic N) is 1. The van der Waals surface area contributed by atoms with E-state index in [-0.39, 0.29) is 42.2 Å². The lowest BCUT2D eigenvalue weighted by Gasteiger charge is -2.18. The highest BCUT2D eigenvalue weighted by molar-refractivity contribution is 14.0. The van der Waals surface area contributed by atoms with E-state index in [0.717, 1.165) is 6.42 Å². The van der Waals surface area contributed by atoms with E-state index in [1.165, 1.54) is 5.56 Å². The number of aliphatic imine (C=N–C) groups is 1. The molecule has 3 N–H and O–H groups in total. The zero-order chi connectivity index (χ0) is 15.9. The van der Waals surface area contributed by atoms with Gasteiger partial charge in [-0.1, -0.05) is 30.3 Å². The van der Waals surface area contributed by atoms with Crippen LogP contribution in [0.1, 0.15) is 26.3 Å². The molecule has 0 aromatic heterocycles. The average Bonchev–Trinajstić information content (AvgIpc) is 2.38. The van der Waals surface area contributed by atoms with Crippen LogP contribution in [0.25, 0.3) is 0 Å². The van der Waals surface area contributed by atoms with Gasteiger partial charge in [-0.2, -0.15) is 0 Å². The van der Waals surface area contributed by atoms with Gasteiger partial charge < -0.3 is 11.1 Å². The molecule has 7 heteroatoms. The Hall–Kier alpha value is -0.830. The van der Waals surface area contributed by atoms with Gasteiger partial charge in [0.2, 0.25) is 0 Å². The molecule has 0 saturated heterocycles. The molecule has 126 valence electrons. The molecule has 0 atom stereocenters. The Kier molecular flexibility index (Phi) is 8.99. The Labute approximate surface area is 150 Å². The van der Waals surface area contributed by atoms with Gasteiger partial charge >= 0.3 is 0 Å². The van der Waals surface area contributed by atoms with E-state index in [9.17, 15) is 8.42 Å². The van der Waals surface area contributed by atoms with Gasteiger partial charge in [-0.25, -0.2) is 8.42 Å². The van der Waals surface area contributed by atoms with E-state index < -0.39 is 14.6 Å². The van der Waals surface area contributed by atoms with E-state index in [4.69, 9.17) is 5.73 Å². The first-order chi connectivity index (χ1) is 9.72. The van der Waals surface area contributed by atoms with E-state index in [0.29, 0.717) is 6.54 Å². The number of nitrogens with two attached hydrogens (primary N) is 1. The third-order valence-electron chi connectivity index (χ3n) is 3.14. The highest BCUT2D eigenvalue weighted by atomic mass is 127. The topological polar surface area (TPSA) is 84.5 Å². The third kappa shape index (κ3) is 7.44. The largest absolute Gasteiger partial charge is 0.370 e. The molecular formula is C15H26IN3O2S. The van der Waals surface area contributed by atoms with Gasteiger partial charge in [0.25, 0.3) is 0 Å². The molecule has 1 aromatic carbocycles. The Morgan fingerprint density at radius 2 is 1.82 bits per heavy atom. The summed E-state index contributed by atoms with van der Waals surface area (Å²) < 4.78 is 23.1. The number of sulfone groups is 1. The highest BCUT2D eigenvalue weighted by Crippen LogP contribution is 2.15. The molecular weight excluding hydrogens is 413 g/mol. The van der Waals surface area contributed by atoms with Crippen molar-refractivity contribution in [3.63, 3.8) is 0 Å². The Bertz CT molecular complexity index is 566. The fourth-order valence-electron chi connectivity index (χ4n) is 1.63. The second-order valence-electron chi connectivity index (χ2n) is 5.86. The zero-order valence-electron chi connectivity index (χ0n) is 13.4. The first-order valence-electron chi connectivity index (χ1n) is 7.02. The predicted molar refractivity (Wildman–Crippen MR) is 104 cm³/mol. The van der Waals surface area contributed by atoms with Gasteiger partial charge in [0.1, 0.15) is 0 Å². The number of halogens is 1. The van der Waals surface area contributed by atoms with Crippen LogP contribution in [0.3, 0.4) is 0 Å². The fourth-order valence-corrected chi connectivity index (χ4v) is 2.57. The number of rotatable bonds is 6. The summed E-state index contributed by atoms with van der Waals surface area (Å²) in [4.78, 5) is 4.06. The molecule has 0 radical (unpaired) electrons. The van der Waals surface area contributed by atoms with E-state index in [2.05, 4.69) is 10.3 Å². The number of hydrogen-bond acceptors (Lipinski definition) is 3. The van der Waals surface area contributed by atoms with Crippen molar-refractivity contribution < 1.29 is 8.42 Å². The summed E-state index contributed by atoms with van der Waals surface area (Å²) >= 11 is 0. The lowest BCUT2D eigenvalue weighted by atomic mass is 10.1. The maximum Gasteiger partial charge on any atom is 0.188 e. The molecule has 0 fully saturated rings. The van der Waals surface area contributed by atoms with Gasteiger partial charge in [0.05, 0.1) is 17.0 Å². The lowest BCUT2D eigenvalue weighted by Crippen LogP contribution is -2.35. The number of guanidine groups is 1. The van der Waals surface area contributed by atoms with Crippen LogP contribution in [0.15, 0.2) is 35.3 Å². The average molecular weight is 439 g/mol. The minimum absolute atomic E-state index is 0. The van der Waals surface area contributed by atoms with Crippen molar-refractivity contribution in [1.29, 1.82) is 0 Å². The first-order valence-corrected chi connectivity index (χ1v) is 8.67. The van der Waals surface area contributed by atoms with Crippen molar-refractivity contribution in [1.82, 2.24) is 5.32 Å². The minimum Gasteiger partial charge on any atom is -0.370 e. The van der Waals surface area contributed by atoms with E-state index >= 15 is 0 Å². The predicted octanol–water partition coefficient (Wildman–Crippen LogP) is 1.96. The smallest absolute Gasteiger partial charge is 0.188 e. The molecule has 0 saturated carbocycles. The summed E-state index contributed by atoms with van der Waals surface area (Å²) in [5, 5.41) is 2.99. The lowest BCUT2D eigenvalue weighted by molar-refractivity contribution is 0.560. The van der Waals surface area contributed by atoms with Crippen molar-refractivity contribution in [2.24, 2.45) is 10.7 Å². The summed E-state index contributed by atoms with van der Waals surface area (Å²) in [6.45, 7) is 5.92. The van der Waals surface area contributed by atoms with Crippen molar-refractivity contribution in [3.8, 4) is 0 Å². The summed E-state index contributed by atoms with van der Waals surface area (Å²) in [7, 11) is -3.15. The summed E-state index contributed by atoms with van der Waals surface area (Å²) in [6.07, 6.45) is 0.845. The fraction of sp³-hybridized carbons (Fsp3) is 0.533. The number of hydrogen-bond donors (Lipinski definition) is 2. The second-order valence-corrected chi connectivity index (χ2v) is 8.72. The van der Waals surface area contributed by atoms with Crippen LogP contribution < -0.4 is 11.1 Å². The van der Waals surface area contributed by atoms with Gasteiger partial charge in [0.15, 0.2) is 15.8 Å². The SMILES string of the molecule is CC(C)(C)S(=O)(=O)CCN=C(N)NCCc1ccccc1.I. The van der Waals surface area contributed by atoms with Crippen LogP contribution in [0.2, 0.25) is 0 Å². The van der Waals surface area contributed by atoms with Crippen LogP contribution in [-0.2, 0) is 16.3 Å². The summed E-state index contributed by atoms with van der Waals surface area (Å²) in [6, 6.07) is 10.0. The maximum absolute atomic E-state index is 11.9. The standard InChI is InChI=1S/C15H25N3O2S.HI/c1-15(2,3)21(19,20)12-11-18-14(16)17-10-9-13-7-5-4-6-8-13;/h4-8H,9-12H2,1-3H3,(H3,16,17,18);1H. The maximum atomic E-state index is 11.9. The number of nitrogens with one attached hydrogen (secondary N) is 1. The molecule has 0 amide bonds. The van der Waals surface area contributed by atoms with Crippen molar-refractivity contribution >= 4 is 39.8 Å². The van der Waals surface area contributed by atoms with Gasteiger partial charge in [-0.15, -0.1) is 24.0 Å². The monoisotopic (exact) mass is 439 g/mol. The van der Waals surface area contributed by atoms with Gasteiger partial charge in [-0.3, -0.25) is 4.99 Å². The molecule has 0 aliphatic carbocycles. The van der Waals surface area contributed by atoms with Crippen LogP contribution in [-0.4, -0.2) is 38.0 Å². The Morgan fingerprint density at radius 1 is 1.23 bits per heavy atom. The Balaban J connectivity index is 0.00000441. The van der Waals surface area contributed by atoms with Crippen LogP contribution in [0.5, 0.6) is 0 Å². The molecule has 0 bridgehead atoms. The molecule has 0 spiro atoms. The van der Waals surface area contributed by atoms with Crippen LogP contribution >= 0.6 is 24.0 Å². The highest BCUT2D eigenvalue weighted by Gasteiger charge is 2.28. The molecule has 1 aromatic rings. The molecule has 0 aliphatic rings. The van der Waals surface area contributed by atoms with Crippen molar-refractivity contribution in [2.75, 3.05) is 18.8 Å². The molecule has 0 unspecified atom stereocenters. The van der Waals surface area contributed by atoms with Crippen LogP contribution in [0, 0.1) is 0 Å². The Morgan fingerprint density at radius 3 is 2.36 bits per heavy atom. The molecule has 0 heterocycles. The van der Waals surface area contributed by atoms with Crippen LogP contribution in [0.4, 0.5) is 0 Å². The normalized spacial score (nSPS) is 12.6. The first kappa shape index (κ1) is 21.2. The molecule has 22 heavy (non-hydrogen) atoms. The van der Waals surface area contributed by atoms with Crippen molar-refractivity contribution in [3.05, 3.63) is 35.9 Å². The second kappa shape index (κ2) is 9.34. The van der Waals surface area contributed by atoms with Gasteiger partial charge in [0, 0.05) is 6.54 Å². The quantitative estimate of drug-likeness (QED) is 0.403. The zero-order valence-corrected chi connectivity index (χ0v) is 16.5. The summed E-state index contributed by atoms with van der Waals surface area (Å²) in [5.41, 5.74) is 6.94. The molecule has 5 nitrogen and oxygen atoms in total. The van der Waals surface area contributed by atoms with E-state index in [1.807, 2.05) is 30.3 Å². The molecule has 1 rings (SSSR count). The number of benzene rings is 1. The van der Waals surface area contributed by atoms with Crippen molar-refractivity contribution in [2.45, 2.75) is 31.9 Å². The molecule has 0 aliphatic heterocycles. The third-order valence-corrected chi connectivity index (χ3v) is 5.72. The summed E-state index contributed by atoms with van der Waals surface area (Å²) in [5.74, 6) is 0.299. The van der Waals surface area contributed by atoms with Gasteiger partial charge in [-0.05, 0) is 32.8 Å². The minimum atomic E-state index is -3.15. The van der Waals surface area contributed by atoms with E-state index in [1.54, 1.807) is 20.8 Å².